The summed E-state index contributed by atoms with van der Waals surface area (Å²) in [5.74, 6) is 1.72. The molecule has 0 bridgehead atoms. The Hall–Kier alpha value is -2.69. The summed E-state index contributed by atoms with van der Waals surface area (Å²) < 4.78 is 16.1. The standard InChI is InChI=1S/C20H23NO4/c1-23-17-11-14(12-18(24-2)20(17)25-3)13-19(22)21-10-6-8-15-7-4-5-9-16(15)21/h4-5,7,9,11-12H,6,8,10,13H2,1-3H3. The third kappa shape index (κ3) is 3.40. The van der Waals surface area contributed by atoms with Gasteiger partial charge >= 0.3 is 0 Å². The van der Waals surface area contributed by atoms with Crippen LogP contribution in [0.4, 0.5) is 5.69 Å². The molecule has 0 fully saturated rings. The quantitative estimate of drug-likeness (QED) is 0.838. The molecule has 0 aliphatic carbocycles. The van der Waals surface area contributed by atoms with Crippen molar-refractivity contribution in [2.75, 3.05) is 32.8 Å². The number of rotatable bonds is 5. The summed E-state index contributed by atoms with van der Waals surface area (Å²) in [6.45, 7) is 0.750. The van der Waals surface area contributed by atoms with Crippen LogP contribution in [0.3, 0.4) is 0 Å². The van der Waals surface area contributed by atoms with Gasteiger partial charge in [0, 0.05) is 12.2 Å². The van der Waals surface area contributed by atoms with E-state index in [-0.39, 0.29) is 12.3 Å². The van der Waals surface area contributed by atoms with Gasteiger partial charge in [0.1, 0.15) is 0 Å². The molecule has 1 amide bonds. The van der Waals surface area contributed by atoms with Crippen LogP contribution in [0.15, 0.2) is 36.4 Å². The number of anilines is 1. The number of fused-ring (bicyclic) bond motifs is 1. The number of para-hydroxylation sites is 1. The highest BCUT2D eigenvalue weighted by Crippen LogP contribution is 2.38. The van der Waals surface area contributed by atoms with E-state index in [0.717, 1.165) is 30.6 Å². The summed E-state index contributed by atoms with van der Waals surface area (Å²) in [4.78, 5) is 14.8. The highest BCUT2D eigenvalue weighted by molar-refractivity contribution is 5.96. The zero-order chi connectivity index (χ0) is 17.8. The number of hydrogen-bond acceptors (Lipinski definition) is 4. The lowest BCUT2D eigenvalue weighted by Crippen LogP contribution is -2.36. The molecule has 5 heteroatoms. The minimum Gasteiger partial charge on any atom is -0.493 e. The Balaban J connectivity index is 1.87. The monoisotopic (exact) mass is 341 g/mol. The number of aryl methyl sites for hydroxylation is 1. The minimum absolute atomic E-state index is 0.0708. The fourth-order valence-electron chi connectivity index (χ4n) is 3.30. The summed E-state index contributed by atoms with van der Waals surface area (Å²) in [6, 6.07) is 11.8. The molecule has 2 aromatic carbocycles. The number of methoxy groups -OCH3 is 3. The van der Waals surface area contributed by atoms with E-state index in [2.05, 4.69) is 6.07 Å². The van der Waals surface area contributed by atoms with Crippen molar-refractivity contribution in [3.8, 4) is 17.2 Å². The lowest BCUT2D eigenvalue weighted by molar-refractivity contribution is -0.118. The van der Waals surface area contributed by atoms with Crippen LogP contribution in [0.5, 0.6) is 17.2 Å². The summed E-state index contributed by atoms with van der Waals surface area (Å²) in [5.41, 5.74) is 3.08. The Morgan fingerprint density at radius 2 is 1.72 bits per heavy atom. The predicted molar refractivity (Wildman–Crippen MR) is 96.9 cm³/mol. The first kappa shape index (κ1) is 17.1. The van der Waals surface area contributed by atoms with Crippen LogP contribution in [0.25, 0.3) is 0 Å². The van der Waals surface area contributed by atoms with Crippen LogP contribution >= 0.6 is 0 Å². The molecule has 1 heterocycles. The van der Waals surface area contributed by atoms with Gasteiger partial charge in [0.25, 0.3) is 0 Å². The second-order valence-corrected chi connectivity index (χ2v) is 5.99. The first-order valence-electron chi connectivity index (χ1n) is 8.35. The zero-order valence-electron chi connectivity index (χ0n) is 14.9. The second kappa shape index (κ2) is 7.47. The van der Waals surface area contributed by atoms with Crippen molar-refractivity contribution in [2.45, 2.75) is 19.3 Å². The minimum atomic E-state index is 0.0708. The third-order valence-electron chi connectivity index (χ3n) is 4.49. The normalized spacial score (nSPS) is 13.2. The summed E-state index contributed by atoms with van der Waals surface area (Å²) in [7, 11) is 4.71. The van der Waals surface area contributed by atoms with Crippen molar-refractivity contribution in [3.63, 3.8) is 0 Å². The van der Waals surface area contributed by atoms with Crippen molar-refractivity contribution in [1.82, 2.24) is 0 Å². The zero-order valence-corrected chi connectivity index (χ0v) is 14.9. The SMILES string of the molecule is COc1cc(CC(=O)N2CCCc3ccccc32)cc(OC)c1OC. The topological polar surface area (TPSA) is 48.0 Å². The van der Waals surface area contributed by atoms with Crippen molar-refractivity contribution in [3.05, 3.63) is 47.5 Å². The van der Waals surface area contributed by atoms with Crippen LogP contribution < -0.4 is 19.1 Å². The van der Waals surface area contributed by atoms with Gasteiger partial charge in [-0.3, -0.25) is 4.79 Å². The lowest BCUT2D eigenvalue weighted by atomic mass is 10.0. The lowest BCUT2D eigenvalue weighted by Gasteiger charge is -2.29. The molecular formula is C20H23NO4. The molecule has 0 saturated carbocycles. The second-order valence-electron chi connectivity index (χ2n) is 5.99. The van der Waals surface area contributed by atoms with Crippen LogP contribution in [0.2, 0.25) is 0 Å². The van der Waals surface area contributed by atoms with Crippen LogP contribution in [-0.2, 0) is 17.6 Å². The van der Waals surface area contributed by atoms with Gasteiger partial charge in [-0.1, -0.05) is 18.2 Å². The largest absolute Gasteiger partial charge is 0.493 e. The van der Waals surface area contributed by atoms with E-state index in [4.69, 9.17) is 14.2 Å². The summed E-state index contributed by atoms with van der Waals surface area (Å²) in [5, 5.41) is 0. The van der Waals surface area contributed by atoms with E-state index in [0.29, 0.717) is 17.2 Å². The molecule has 0 radical (unpaired) electrons. The molecule has 5 nitrogen and oxygen atoms in total. The smallest absolute Gasteiger partial charge is 0.231 e. The van der Waals surface area contributed by atoms with Gasteiger partial charge in [-0.15, -0.1) is 0 Å². The predicted octanol–water partition coefficient (Wildman–Crippen LogP) is 3.23. The van der Waals surface area contributed by atoms with Crippen LogP contribution in [-0.4, -0.2) is 33.8 Å². The van der Waals surface area contributed by atoms with Gasteiger partial charge in [-0.25, -0.2) is 0 Å². The van der Waals surface area contributed by atoms with Gasteiger partial charge < -0.3 is 19.1 Å². The molecule has 0 unspecified atom stereocenters. The number of carbonyl (C=O) groups excluding carboxylic acids is 1. The Bertz CT molecular complexity index is 747. The number of amides is 1. The average Bonchev–Trinajstić information content (AvgIpc) is 2.66. The Morgan fingerprint density at radius 3 is 2.36 bits per heavy atom. The first-order chi connectivity index (χ1) is 12.2. The maximum atomic E-state index is 12.9. The average molecular weight is 341 g/mol. The van der Waals surface area contributed by atoms with E-state index < -0.39 is 0 Å². The number of hydrogen-bond donors (Lipinski definition) is 0. The molecule has 25 heavy (non-hydrogen) atoms. The number of nitrogens with zero attached hydrogens (tertiary/aromatic N) is 1. The van der Waals surface area contributed by atoms with Gasteiger partial charge in [0.2, 0.25) is 11.7 Å². The highest BCUT2D eigenvalue weighted by atomic mass is 16.5. The molecule has 0 atom stereocenters. The molecular weight excluding hydrogens is 318 g/mol. The number of carbonyl (C=O) groups is 1. The van der Waals surface area contributed by atoms with Crippen LogP contribution in [0, 0.1) is 0 Å². The van der Waals surface area contributed by atoms with E-state index in [9.17, 15) is 4.79 Å². The Morgan fingerprint density at radius 1 is 1.04 bits per heavy atom. The fraction of sp³-hybridized carbons (Fsp3) is 0.350. The maximum Gasteiger partial charge on any atom is 0.231 e. The molecule has 0 spiro atoms. The molecule has 132 valence electrons. The van der Waals surface area contributed by atoms with Crippen molar-refractivity contribution >= 4 is 11.6 Å². The molecule has 1 aliphatic heterocycles. The molecule has 2 aromatic rings. The van der Waals surface area contributed by atoms with Crippen molar-refractivity contribution in [1.29, 1.82) is 0 Å². The van der Waals surface area contributed by atoms with Crippen molar-refractivity contribution in [2.24, 2.45) is 0 Å². The Kier molecular flexibility index (Phi) is 5.12. The van der Waals surface area contributed by atoms with E-state index in [1.807, 2.05) is 35.2 Å². The van der Waals surface area contributed by atoms with Gasteiger partial charge in [0.15, 0.2) is 11.5 Å². The van der Waals surface area contributed by atoms with Gasteiger partial charge in [-0.05, 0) is 42.2 Å². The van der Waals surface area contributed by atoms with Gasteiger partial charge in [0.05, 0.1) is 27.8 Å². The number of ether oxygens (including phenoxy) is 3. The number of benzene rings is 2. The highest BCUT2D eigenvalue weighted by Gasteiger charge is 2.23. The molecule has 1 aliphatic rings. The molecule has 3 rings (SSSR count). The summed E-state index contributed by atoms with van der Waals surface area (Å²) >= 11 is 0. The molecule has 0 N–H and O–H groups in total. The van der Waals surface area contributed by atoms with E-state index in [1.165, 1.54) is 5.56 Å². The third-order valence-corrected chi connectivity index (χ3v) is 4.49. The van der Waals surface area contributed by atoms with Gasteiger partial charge in [-0.2, -0.15) is 0 Å². The maximum absolute atomic E-state index is 12.9. The fourth-order valence-corrected chi connectivity index (χ4v) is 3.30. The Labute approximate surface area is 148 Å². The summed E-state index contributed by atoms with van der Waals surface area (Å²) in [6.07, 6.45) is 2.28. The molecule has 0 aromatic heterocycles. The van der Waals surface area contributed by atoms with E-state index >= 15 is 0 Å². The first-order valence-corrected chi connectivity index (χ1v) is 8.35. The van der Waals surface area contributed by atoms with Crippen LogP contribution in [0.1, 0.15) is 17.5 Å². The van der Waals surface area contributed by atoms with E-state index in [1.54, 1.807) is 21.3 Å². The molecule has 0 saturated heterocycles. The van der Waals surface area contributed by atoms with Crippen molar-refractivity contribution < 1.29 is 19.0 Å².